The molecule has 0 saturated heterocycles. The Morgan fingerprint density at radius 3 is 2.53 bits per heavy atom. The molecule has 1 aromatic carbocycles. The van der Waals surface area contributed by atoms with Gasteiger partial charge in [0.2, 0.25) is 5.91 Å². The van der Waals surface area contributed by atoms with Gasteiger partial charge in [-0.25, -0.2) is 0 Å². The summed E-state index contributed by atoms with van der Waals surface area (Å²) in [6.07, 6.45) is 0.243. The number of methoxy groups -OCH3 is 1. The van der Waals surface area contributed by atoms with Crippen LogP contribution in [0.4, 0.5) is 5.69 Å². The first-order valence-electron chi connectivity index (χ1n) is 5.47. The molecule has 4 nitrogen and oxygen atoms in total. The molecule has 0 spiro atoms. The van der Waals surface area contributed by atoms with E-state index in [0.717, 1.165) is 16.8 Å². The topological polar surface area (TPSA) is 55.4 Å². The lowest BCUT2D eigenvalue weighted by molar-refractivity contribution is -0.141. The normalized spacial score (nSPS) is 9.82. The highest BCUT2D eigenvalue weighted by Crippen LogP contribution is 2.16. The van der Waals surface area contributed by atoms with Gasteiger partial charge in [-0.1, -0.05) is 17.7 Å². The van der Waals surface area contributed by atoms with Crippen LogP contribution in [0.5, 0.6) is 0 Å². The Labute approximate surface area is 101 Å². The monoisotopic (exact) mass is 235 g/mol. The summed E-state index contributed by atoms with van der Waals surface area (Å²) in [5.74, 6) is -0.553. The van der Waals surface area contributed by atoms with Gasteiger partial charge in [0, 0.05) is 12.1 Å². The molecule has 0 aliphatic rings. The Kier molecular flexibility index (Phi) is 4.69. The standard InChI is InChI=1S/C13H17NO3/c1-9-4-5-11(10(2)8-9)14-12(15)6-7-13(16)17-3/h4-5,8H,6-7H2,1-3H3,(H,14,15). The van der Waals surface area contributed by atoms with Gasteiger partial charge in [0.25, 0.3) is 0 Å². The molecule has 92 valence electrons. The summed E-state index contributed by atoms with van der Waals surface area (Å²) in [6, 6.07) is 5.79. The maximum atomic E-state index is 11.6. The van der Waals surface area contributed by atoms with E-state index >= 15 is 0 Å². The van der Waals surface area contributed by atoms with Crippen molar-refractivity contribution in [3.63, 3.8) is 0 Å². The van der Waals surface area contributed by atoms with Crippen LogP contribution in [0.3, 0.4) is 0 Å². The third-order valence-corrected chi connectivity index (χ3v) is 2.44. The average Bonchev–Trinajstić information content (AvgIpc) is 2.29. The van der Waals surface area contributed by atoms with Crippen LogP contribution in [0.1, 0.15) is 24.0 Å². The van der Waals surface area contributed by atoms with Crippen molar-refractivity contribution < 1.29 is 14.3 Å². The highest BCUT2D eigenvalue weighted by Gasteiger charge is 2.08. The number of hydrogen-bond acceptors (Lipinski definition) is 3. The van der Waals surface area contributed by atoms with E-state index in [0.29, 0.717) is 0 Å². The van der Waals surface area contributed by atoms with Crippen LogP contribution in [0.2, 0.25) is 0 Å². The van der Waals surface area contributed by atoms with Gasteiger partial charge in [-0.2, -0.15) is 0 Å². The molecule has 1 aromatic rings. The molecule has 0 aromatic heterocycles. The molecule has 0 aliphatic heterocycles. The summed E-state index contributed by atoms with van der Waals surface area (Å²) in [7, 11) is 1.31. The van der Waals surface area contributed by atoms with E-state index in [-0.39, 0.29) is 24.7 Å². The molecule has 1 amide bonds. The van der Waals surface area contributed by atoms with Crippen molar-refractivity contribution in [1.29, 1.82) is 0 Å². The zero-order valence-electron chi connectivity index (χ0n) is 10.4. The number of nitrogens with one attached hydrogen (secondary N) is 1. The second-order valence-electron chi connectivity index (χ2n) is 3.94. The highest BCUT2D eigenvalue weighted by atomic mass is 16.5. The minimum atomic E-state index is -0.374. The largest absolute Gasteiger partial charge is 0.469 e. The van der Waals surface area contributed by atoms with Crippen molar-refractivity contribution in [2.45, 2.75) is 26.7 Å². The molecule has 1 N–H and O–H groups in total. The molecule has 0 saturated carbocycles. The minimum absolute atomic E-state index is 0.104. The molecule has 0 atom stereocenters. The first-order chi connectivity index (χ1) is 8.02. The predicted octanol–water partition coefficient (Wildman–Crippen LogP) is 2.20. The molecule has 0 heterocycles. The Bertz CT molecular complexity index is 427. The Balaban J connectivity index is 2.53. The van der Waals surface area contributed by atoms with E-state index in [1.165, 1.54) is 7.11 Å². The smallest absolute Gasteiger partial charge is 0.306 e. The summed E-state index contributed by atoms with van der Waals surface area (Å²) in [4.78, 5) is 22.4. The minimum Gasteiger partial charge on any atom is -0.469 e. The lowest BCUT2D eigenvalue weighted by Crippen LogP contribution is -2.14. The number of ether oxygens (including phenoxy) is 1. The number of esters is 1. The fourth-order valence-corrected chi connectivity index (χ4v) is 1.48. The van der Waals surface area contributed by atoms with Crippen molar-refractivity contribution in [3.05, 3.63) is 29.3 Å². The Morgan fingerprint density at radius 1 is 1.24 bits per heavy atom. The van der Waals surface area contributed by atoms with Gasteiger partial charge < -0.3 is 10.1 Å². The predicted molar refractivity (Wildman–Crippen MR) is 65.8 cm³/mol. The van der Waals surface area contributed by atoms with Crippen LogP contribution in [0.25, 0.3) is 0 Å². The summed E-state index contributed by atoms with van der Waals surface area (Å²) in [6.45, 7) is 3.93. The zero-order chi connectivity index (χ0) is 12.8. The zero-order valence-corrected chi connectivity index (χ0v) is 10.4. The third-order valence-electron chi connectivity index (χ3n) is 2.44. The van der Waals surface area contributed by atoms with E-state index in [1.807, 2.05) is 32.0 Å². The van der Waals surface area contributed by atoms with Gasteiger partial charge in [0.1, 0.15) is 0 Å². The average molecular weight is 235 g/mol. The fourth-order valence-electron chi connectivity index (χ4n) is 1.48. The van der Waals surface area contributed by atoms with E-state index in [9.17, 15) is 9.59 Å². The van der Waals surface area contributed by atoms with E-state index in [2.05, 4.69) is 10.1 Å². The van der Waals surface area contributed by atoms with Crippen LogP contribution >= 0.6 is 0 Å². The fraction of sp³-hybridized carbons (Fsp3) is 0.385. The Morgan fingerprint density at radius 2 is 1.94 bits per heavy atom. The highest BCUT2D eigenvalue weighted by molar-refractivity contribution is 5.93. The summed E-state index contributed by atoms with van der Waals surface area (Å²) >= 11 is 0. The maximum absolute atomic E-state index is 11.6. The number of aryl methyl sites for hydroxylation is 2. The van der Waals surface area contributed by atoms with Gasteiger partial charge in [-0.15, -0.1) is 0 Å². The second-order valence-corrected chi connectivity index (χ2v) is 3.94. The second kappa shape index (κ2) is 6.03. The van der Waals surface area contributed by atoms with Crippen molar-refractivity contribution in [2.24, 2.45) is 0 Å². The van der Waals surface area contributed by atoms with Crippen molar-refractivity contribution in [3.8, 4) is 0 Å². The van der Waals surface area contributed by atoms with Crippen LogP contribution in [-0.2, 0) is 14.3 Å². The first kappa shape index (κ1) is 13.2. The molecular formula is C13H17NO3. The number of carbonyl (C=O) groups is 2. The number of carbonyl (C=O) groups excluding carboxylic acids is 2. The van der Waals surface area contributed by atoms with Crippen LogP contribution < -0.4 is 5.32 Å². The molecule has 0 fully saturated rings. The SMILES string of the molecule is COC(=O)CCC(=O)Nc1ccc(C)cc1C. The Hall–Kier alpha value is -1.84. The molecule has 17 heavy (non-hydrogen) atoms. The van der Waals surface area contributed by atoms with E-state index in [4.69, 9.17) is 0 Å². The molecule has 4 heteroatoms. The van der Waals surface area contributed by atoms with Crippen LogP contribution in [-0.4, -0.2) is 19.0 Å². The van der Waals surface area contributed by atoms with E-state index in [1.54, 1.807) is 0 Å². The molecular weight excluding hydrogens is 218 g/mol. The van der Waals surface area contributed by atoms with E-state index < -0.39 is 0 Å². The summed E-state index contributed by atoms with van der Waals surface area (Å²) < 4.78 is 4.47. The van der Waals surface area contributed by atoms with Gasteiger partial charge in [-0.3, -0.25) is 9.59 Å². The van der Waals surface area contributed by atoms with Gasteiger partial charge >= 0.3 is 5.97 Å². The lowest BCUT2D eigenvalue weighted by Gasteiger charge is -2.08. The first-order valence-corrected chi connectivity index (χ1v) is 5.47. The van der Waals surface area contributed by atoms with Crippen LogP contribution in [0, 0.1) is 13.8 Å². The van der Waals surface area contributed by atoms with Crippen LogP contribution in [0.15, 0.2) is 18.2 Å². The van der Waals surface area contributed by atoms with Crippen molar-refractivity contribution in [1.82, 2.24) is 0 Å². The van der Waals surface area contributed by atoms with Crippen molar-refractivity contribution in [2.75, 3.05) is 12.4 Å². The molecule has 1 rings (SSSR count). The number of rotatable bonds is 4. The number of anilines is 1. The number of amides is 1. The molecule has 0 radical (unpaired) electrons. The van der Waals surface area contributed by atoms with Crippen molar-refractivity contribution >= 4 is 17.6 Å². The number of hydrogen-bond donors (Lipinski definition) is 1. The van der Waals surface area contributed by atoms with Gasteiger partial charge in [0.15, 0.2) is 0 Å². The van der Waals surface area contributed by atoms with Gasteiger partial charge in [0.05, 0.1) is 13.5 Å². The molecule has 0 aliphatic carbocycles. The lowest BCUT2D eigenvalue weighted by atomic mass is 10.1. The quantitative estimate of drug-likeness (QED) is 0.814. The maximum Gasteiger partial charge on any atom is 0.306 e. The number of benzene rings is 1. The molecule has 0 bridgehead atoms. The molecule has 0 unspecified atom stereocenters. The summed E-state index contributed by atoms with van der Waals surface area (Å²) in [5.41, 5.74) is 2.94. The third kappa shape index (κ3) is 4.26. The summed E-state index contributed by atoms with van der Waals surface area (Å²) in [5, 5.41) is 2.77. The van der Waals surface area contributed by atoms with Gasteiger partial charge in [-0.05, 0) is 25.5 Å².